The van der Waals surface area contributed by atoms with Crippen LogP contribution in [0, 0.1) is 0 Å². The van der Waals surface area contributed by atoms with Crippen molar-refractivity contribution in [3.05, 3.63) is 53.6 Å². The van der Waals surface area contributed by atoms with Crippen LogP contribution in [0.3, 0.4) is 0 Å². The Bertz CT molecular complexity index is 1020. The number of rotatable bonds is 3. The maximum atomic E-state index is 12.2. The average Bonchev–Trinajstić information content (AvgIpc) is 3.11. The molecule has 2 aliphatic rings. The summed E-state index contributed by atoms with van der Waals surface area (Å²) in [5, 5.41) is 0. The van der Waals surface area contributed by atoms with Crippen molar-refractivity contribution < 1.29 is 9.53 Å². The molecule has 5 heteroatoms. The molecule has 2 aliphatic heterocycles. The van der Waals surface area contributed by atoms with Crippen LogP contribution >= 0.6 is 0 Å². The van der Waals surface area contributed by atoms with Crippen LogP contribution in [0.1, 0.15) is 41.1 Å². The zero-order valence-electron chi connectivity index (χ0n) is 15.5. The van der Waals surface area contributed by atoms with E-state index in [-0.39, 0.29) is 5.78 Å². The van der Waals surface area contributed by atoms with Crippen molar-refractivity contribution in [2.45, 2.75) is 31.7 Å². The number of carbonyl (C=O) groups excluding carboxylic acids is 1. The molecule has 0 amide bonds. The molecule has 0 N–H and O–H groups in total. The molecule has 138 valence electrons. The Kier molecular flexibility index (Phi) is 3.88. The molecule has 0 atom stereocenters. The van der Waals surface area contributed by atoms with Crippen LogP contribution in [0.25, 0.3) is 11.0 Å². The highest BCUT2D eigenvalue weighted by Gasteiger charge is 2.28. The van der Waals surface area contributed by atoms with Crippen LogP contribution in [-0.4, -0.2) is 35.5 Å². The summed E-state index contributed by atoms with van der Waals surface area (Å²) in [5.74, 6) is 2.74. The third-order valence-corrected chi connectivity index (χ3v) is 5.95. The number of ether oxygens (including phenoxy) is 1. The van der Waals surface area contributed by atoms with Gasteiger partial charge in [0, 0.05) is 31.6 Å². The molecule has 2 aromatic carbocycles. The minimum atomic E-state index is 0.233. The minimum absolute atomic E-state index is 0.233. The summed E-state index contributed by atoms with van der Waals surface area (Å²) in [7, 11) is 1.72. The number of anilines is 1. The number of carbonyl (C=O) groups is 1. The number of aromatic nitrogens is 2. The Morgan fingerprint density at radius 3 is 2.70 bits per heavy atom. The van der Waals surface area contributed by atoms with Crippen LogP contribution in [0.15, 0.2) is 42.5 Å². The van der Waals surface area contributed by atoms with Crippen molar-refractivity contribution in [1.29, 1.82) is 0 Å². The highest BCUT2D eigenvalue weighted by molar-refractivity contribution is 6.08. The molecule has 5 rings (SSSR count). The Morgan fingerprint density at radius 2 is 1.89 bits per heavy atom. The topological polar surface area (TPSA) is 47.4 Å². The third-order valence-electron chi connectivity index (χ3n) is 5.95. The second-order valence-corrected chi connectivity index (χ2v) is 7.45. The van der Waals surface area contributed by atoms with Crippen molar-refractivity contribution in [2.75, 3.05) is 25.1 Å². The fourth-order valence-corrected chi connectivity index (χ4v) is 4.51. The second kappa shape index (κ2) is 6.41. The van der Waals surface area contributed by atoms with E-state index < -0.39 is 0 Å². The van der Waals surface area contributed by atoms with Gasteiger partial charge in [0.05, 0.1) is 18.1 Å². The monoisotopic (exact) mass is 361 g/mol. The van der Waals surface area contributed by atoms with Gasteiger partial charge >= 0.3 is 0 Å². The van der Waals surface area contributed by atoms with E-state index in [0.717, 1.165) is 60.8 Å². The van der Waals surface area contributed by atoms with E-state index in [1.807, 2.05) is 24.3 Å². The summed E-state index contributed by atoms with van der Waals surface area (Å²) in [6.07, 6.45) is 2.76. The van der Waals surface area contributed by atoms with Gasteiger partial charge in [-0.1, -0.05) is 18.2 Å². The van der Waals surface area contributed by atoms with Gasteiger partial charge in [-0.15, -0.1) is 0 Å². The first kappa shape index (κ1) is 16.4. The lowest BCUT2D eigenvalue weighted by Crippen LogP contribution is -2.35. The van der Waals surface area contributed by atoms with E-state index in [4.69, 9.17) is 9.72 Å². The van der Waals surface area contributed by atoms with E-state index in [9.17, 15) is 4.79 Å². The first-order chi connectivity index (χ1) is 13.2. The molecule has 0 aliphatic carbocycles. The molecule has 3 heterocycles. The predicted molar refractivity (Wildman–Crippen MR) is 106 cm³/mol. The Balaban J connectivity index is 1.41. The fraction of sp³-hybridized carbons (Fsp3) is 0.364. The van der Waals surface area contributed by atoms with E-state index in [0.29, 0.717) is 12.3 Å². The summed E-state index contributed by atoms with van der Waals surface area (Å²) < 4.78 is 7.62. The van der Waals surface area contributed by atoms with E-state index in [1.54, 1.807) is 7.11 Å². The highest BCUT2D eigenvalue weighted by Crippen LogP contribution is 2.35. The van der Waals surface area contributed by atoms with Gasteiger partial charge in [0.25, 0.3) is 0 Å². The molecular formula is C22H23N3O2. The molecular weight excluding hydrogens is 338 g/mol. The molecule has 0 unspecified atom stereocenters. The smallest absolute Gasteiger partial charge is 0.206 e. The zero-order valence-corrected chi connectivity index (χ0v) is 15.5. The number of imidazole rings is 1. The van der Waals surface area contributed by atoms with E-state index >= 15 is 0 Å². The van der Waals surface area contributed by atoms with Crippen molar-refractivity contribution in [3.8, 4) is 5.75 Å². The van der Waals surface area contributed by atoms with E-state index in [1.165, 1.54) is 5.56 Å². The van der Waals surface area contributed by atoms with Gasteiger partial charge < -0.3 is 14.2 Å². The number of methoxy groups -OCH3 is 1. The van der Waals surface area contributed by atoms with Crippen molar-refractivity contribution in [3.63, 3.8) is 0 Å². The summed E-state index contributed by atoms with van der Waals surface area (Å²) in [4.78, 5) is 19.5. The van der Waals surface area contributed by atoms with Crippen LogP contribution in [-0.2, 0) is 6.54 Å². The molecule has 27 heavy (non-hydrogen) atoms. The van der Waals surface area contributed by atoms with Crippen LogP contribution in [0.5, 0.6) is 5.75 Å². The first-order valence-corrected chi connectivity index (χ1v) is 9.66. The molecule has 0 radical (unpaired) electrons. The predicted octanol–water partition coefficient (Wildman–Crippen LogP) is 4.02. The van der Waals surface area contributed by atoms with Gasteiger partial charge in [0.1, 0.15) is 5.75 Å². The standard InChI is InChI=1S/C22H23N3O2/c1-27-17-5-2-4-16(14-17)15-8-11-24(12-9-15)22-23-19-7-3-6-18-20(26)10-13-25(22)21(18)19/h2-7,14-15H,8-13H2,1H3. The van der Waals surface area contributed by atoms with Crippen molar-refractivity contribution in [1.82, 2.24) is 9.55 Å². The summed E-state index contributed by atoms with van der Waals surface area (Å²) in [5.41, 5.74) is 4.13. The molecule has 3 aromatic rings. The summed E-state index contributed by atoms with van der Waals surface area (Å²) >= 11 is 0. The highest BCUT2D eigenvalue weighted by atomic mass is 16.5. The number of para-hydroxylation sites is 1. The number of benzene rings is 2. The second-order valence-electron chi connectivity index (χ2n) is 7.45. The van der Waals surface area contributed by atoms with Crippen molar-refractivity contribution in [2.24, 2.45) is 0 Å². The lowest BCUT2D eigenvalue weighted by molar-refractivity contribution is 0.0973. The Morgan fingerprint density at radius 1 is 1.07 bits per heavy atom. The Hall–Kier alpha value is -2.82. The molecule has 5 nitrogen and oxygen atoms in total. The number of hydrogen-bond acceptors (Lipinski definition) is 4. The fourth-order valence-electron chi connectivity index (χ4n) is 4.51. The van der Waals surface area contributed by atoms with Crippen molar-refractivity contribution >= 4 is 22.8 Å². The summed E-state index contributed by atoms with van der Waals surface area (Å²) in [6.45, 7) is 2.69. The number of hydrogen-bond donors (Lipinski definition) is 0. The average molecular weight is 361 g/mol. The minimum Gasteiger partial charge on any atom is -0.497 e. The maximum Gasteiger partial charge on any atom is 0.206 e. The first-order valence-electron chi connectivity index (χ1n) is 9.66. The third kappa shape index (κ3) is 2.69. The zero-order chi connectivity index (χ0) is 18.4. The van der Waals surface area contributed by atoms with Gasteiger partial charge in [-0.3, -0.25) is 4.79 Å². The van der Waals surface area contributed by atoms with Gasteiger partial charge in [0.2, 0.25) is 5.95 Å². The molecule has 0 spiro atoms. The lowest BCUT2D eigenvalue weighted by atomic mass is 9.89. The van der Waals surface area contributed by atoms with Gasteiger partial charge in [-0.25, -0.2) is 4.98 Å². The number of aryl methyl sites for hydroxylation is 1. The quantitative estimate of drug-likeness (QED) is 0.707. The number of ketones is 1. The Labute approximate surface area is 158 Å². The molecule has 0 saturated carbocycles. The van der Waals surface area contributed by atoms with Gasteiger partial charge in [-0.05, 0) is 48.6 Å². The molecule has 0 bridgehead atoms. The molecule has 1 aromatic heterocycles. The number of piperidine rings is 1. The van der Waals surface area contributed by atoms with Gasteiger partial charge in [0.15, 0.2) is 5.78 Å². The van der Waals surface area contributed by atoms with Crippen LogP contribution in [0.2, 0.25) is 0 Å². The SMILES string of the molecule is COc1cccc(C2CCN(c3nc4cccc5c4n3CCC5=O)CC2)c1. The maximum absolute atomic E-state index is 12.2. The molecule has 1 saturated heterocycles. The molecule has 1 fully saturated rings. The van der Waals surface area contributed by atoms with Gasteiger partial charge in [-0.2, -0.15) is 0 Å². The number of Topliss-reactive ketones (excluding diaryl/α,β-unsaturated/α-hetero) is 1. The number of nitrogens with zero attached hydrogens (tertiary/aromatic N) is 3. The summed E-state index contributed by atoms with van der Waals surface area (Å²) in [6, 6.07) is 14.3. The van der Waals surface area contributed by atoms with Crippen LogP contribution in [0.4, 0.5) is 5.95 Å². The normalized spacial score (nSPS) is 17.5. The largest absolute Gasteiger partial charge is 0.497 e. The lowest BCUT2D eigenvalue weighted by Gasteiger charge is -2.33. The van der Waals surface area contributed by atoms with E-state index in [2.05, 4.69) is 27.7 Å². The van der Waals surface area contributed by atoms with Crippen LogP contribution < -0.4 is 9.64 Å².